The summed E-state index contributed by atoms with van der Waals surface area (Å²) >= 11 is 1.50. The monoisotopic (exact) mass is 453 g/mol. The molecule has 30 heavy (non-hydrogen) atoms. The average molecular weight is 454 g/mol. The second kappa shape index (κ2) is 8.82. The van der Waals surface area contributed by atoms with E-state index in [9.17, 15) is 13.5 Å². The van der Waals surface area contributed by atoms with Crippen molar-refractivity contribution < 1.29 is 18.3 Å². The van der Waals surface area contributed by atoms with Gasteiger partial charge in [-0.25, -0.2) is 18.1 Å². The number of aliphatic hydroxyl groups is 1. The molecular formula is C21H31N3O4S2. The standard InChI is InChI=1S/C21H31N3O4S2/c1-13-19(29-20(22-13)23-21(2,3)4)14-6-11-17(28-5)18(12-14)30(26,27)24-15-7-9-16(25)10-8-15/h6,11-12,15-16,24-25H,7-10H2,1-5H3,(H,22,23)/t15-,16-. The number of aryl methyl sites for hydroxylation is 1. The molecule has 3 N–H and O–H groups in total. The third kappa shape index (κ3) is 5.51. The quantitative estimate of drug-likeness (QED) is 0.613. The van der Waals surface area contributed by atoms with Gasteiger partial charge in [-0.2, -0.15) is 0 Å². The molecule has 1 aromatic heterocycles. The molecule has 1 aromatic carbocycles. The van der Waals surface area contributed by atoms with Gasteiger partial charge in [0.15, 0.2) is 5.13 Å². The molecule has 0 saturated heterocycles. The maximum atomic E-state index is 13.1. The van der Waals surface area contributed by atoms with Gasteiger partial charge in [0, 0.05) is 11.6 Å². The van der Waals surface area contributed by atoms with Crippen LogP contribution >= 0.6 is 11.3 Å². The van der Waals surface area contributed by atoms with E-state index in [1.807, 2.05) is 13.0 Å². The van der Waals surface area contributed by atoms with Crippen molar-refractivity contribution in [2.75, 3.05) is 12.4 Å². The minimum absolute atomic E-state index is 0.117. The normalized spacial score (nSPS) is 20.2. The van der Waals surface area contributed by atoms with Crippen LogP contribution in [0.1, 0.15) is 52.1 Å². The number of methoxy groups -OCH3 is 1. The average Bonchev–Trinajstić information content (AvgIpc) is 3.01. The minimum atomic E-state index is -3.77. The molecule has 2 aromatic rings. The number of aromatic nitrogens is 1. The zero-order chi connectivity index (χ0) is 22.1. The molecule has 0 bridgehead atoms. The molecule has 1 aliphatic carbocycles. The number of hydrogen-bond donors (Lipinski definition) is 3. The maximum absolute atomic E-state index is 13.1. The van der Waals surface area contributed by atoms with Crippen molar-refractivity contribution in [3.8, 4) is 16.2 Å². The summed E-state index contributed by atoms with van der Waals surface area (Å²) in [5.41, 5.74) is 1.51. The first kappa shape index (κ1) is 23.0. The number of thiazole rings is 1. The molecule has 0 amide bonds. The van der Waals surface area contributed by atoms with Crippen LogP contribution in [0.3, 0.4) is 0 Å². The highest BCUT2D eigenvalue weighted by atomic mass is 32.2. The van der Waals surface area contributed by atoms with E-state index in [2.05, 4.69) is 35.8 Å². The molecule has 3 rings (SSSR count). The highest BCUT2D eigenvalue weighted by Gasteiger charge is 2.28. The van der Waals surface area contributed by atoms with Crippen molar-refractivity contribution in [1.82, 2.24) is 9.71 Å². The van der Waals surface area contributed by atoms with Crippen LogP contribution in [-0.2, 0) is 10.0 Å². The van der Waals surface area contributed by atoms with Crippen LogP contribution in [0, 0.1) is 6.92 Å². The molecule has 9 heteroatoms. The van der Waals surface area contributed by atoms with Gasteiger partial charge in [-0.1, -0.05) is 11.3 Å². The first-order chi connectivity index (χ1) is 14.0. The number of nitrogens with zero attached hydrogens (tertiary/aromatic N) is 1. The zero-order valence-corrected chi connectivity index (χ0v) is 19.8. The predicted molar refractivity (Wildman–Crippen MR) is 121 cm³/mol. The Morgan fingerprint density at radius 2 is 1.87 bits per heavy atom. The Balaban J connectivity index is 1.92. The summed E-state index contributed by atoms with van der Waals surface area (Å²) in [5, 5.41) is 13.8. The predicted octanol–water partition coefficient (Wildman–Crippen LogP) is 3.92. The van der Waals surface area contributed by atoms with Gasteiger partial charge in [-0.3, -0.25) is 0 Å². The summed E-state index contributed by atoms with van der Waals surface area (Å²) < 4.78 is 34.4. The molecule has 0 atom stereocenters. The van der Waals surface area contributed by atoms with Gasteiger partial charge >= 0.3 is 0 Å². The van der Waals surface area contributed by atoms with Gasteiger partial charge in [0.25, 0.3) is 0 Å². The molecule has 1 fully saturated rings. The molecule has 0 spiro atoms. The van der Waals surface area contributed by atoms with Crippen LogP contribution < -0.4 is 14.8 Å². The second-order valence-corrected chi connectivity index (χ2v) is 11.5. The lowest BCUT2D eigenvalue weighted by atomic mass is 9.94. The summed E-state index contributed by atoms with van der Waals surface area (Å²) in [6.07, 6.45) is 2.12. The van der Waals surface area contributed by atoms with Crippen LogP contribution in [-0.4, -0.2) is 43.3 Å². The van der Waals surface area contributed by atoms with Gasteiger partial charge in [0.2, 0.25) is 10.0 Å². The second-order valence-electron chi connectivity index (χ2n) is 8.80. The third-order valence-corrected chi connectivity index (χ3v) is 7.68. The maximum Gasteiger partial charge on any atom is 0.244 e. The van der Waals surface area contributed by atoms with E-state index in [1.165, 1.54) is 18.4 Å². The lowest BCUT2D eigenvalue weighted by molar-refractivity contribution is 0.120. The highest BCUT2D eigenvalue weighted by Crippen LogP contribution is 2.37. The topological polar surface area (TPSA) is 101 Å². The van der Waals surface area contributed by atoms with E-state index in [0.29, 0.717) is 31.4 Å². The Morgan fingerprint density at radius 3 is 2.47 bits per heavy atom. The molecule has 166 valence electrons. The number of hydrogen-bond acceptors (Lipinski definition) is 7. The van der Waals surface area contributed by atoms with Crippen LogP contribution in [0.25, 0.3) is 10.4 Å². The van der Waals surface area contributed by atoms with Gasteiger partial charge in [-0.05, 0) is 77.1 Å². The molecule has 1 saturated carbocycles. The van der Waals surface area contributed by atoms with E-state index in [-0.39, 0.29) is 22.6 Å². The Bertz CT molecular complexity index is 988. The van der Waals surface area contributed by atoms with Gasteiger partial charge in [0.1, 0.15) is 10.6 Å². The molecule has 0 unspecified atom stereocenters. The Labute approximate surface area is 182 Å². The first-order valence-corrected chi connectivity index (χ1v) is 12.4. The zero-order valence-electron chi connectivity index (χ0n) is 18.2. The fourth-order valence-corrected chi connectivity index (χ4v) is 6.21. The van der Waals surface area contributed by atoms with Gasteiger partial charge < -0.3 is 15.2 Å². The van der Waals surface area contributed by atoms with Crippen molar-refractivity contribution in [3.05, 3.63) is 23.9 Å². The first-order valence-electron chi connectivity index (χ1n) is 10.1. The summed E-state index contributed by atoms with van der Waals surface area (Å²) in [7, 11) is -2.31. The Hall–Kier alpha value is -1.68. The fourth-order valence-electron chi connectivity index (χ4n) is 3.54. The summed E-state index contributed by atoms with van der Waals surface area (Å²) in [6, 6.07) is 5.01. The lowest BCUT2D eigenvalue weighted by Gasteiger charge is -2.26. The molecular weight excluding hydrogens is 422 g/mol. The van der Waals surface area contributed by atoms with Crippen molar-refractivity contribution in [3.63, 3.8) is 0 Å². The van der Waals surface area contributed by atoms with Crippen molar-refractivity contribution in [1.29, 1.82) is 0 Å². The number of aliphatic hydroxyl groups excluding tert-OH is 1. The van der Waals surface area contributed by atoms with Gasteiger partial charge in [-0.15, -0.1) is 0 Å². The minimum Gasteiger partial charge on any atom is -0.495 e. The number of sulfonamides is 1. The van der Waals surface area contributed by atoms with Crippen LogP contribution in [0.5, 0.6) is 5.75 Å². The van der Waals surface area contributed by atoms with Crippen LogP contribution in [0.15, 0.2) is 23.1 Å². The van der Waals surface area contributed by atoms with E-state index >= 15 is 0 Å². The van der Waals surface area contributed by atoms with E-state index < -0.39 is 10.0 Å². The van der Waals surface area contributed by atoms with E-state index in [4.69, 9.17) is 4.74 Å². The molecule has 7 nitrogen and oxygen atoms in total. The van der Waals surface area contributed by atoms with Crippen LogP contribution in [0.2, 0.25) is 0 Å². The molecule has 0 aliphatic heterocycles. The molecule has 1 aliphatic rings. The van der Waals surface area contributed by atoms with Gasteiger partial charge in [0.05, 0.1) is 23.8 Å². The highest BCUT2D eigenvalue weighted by molar-refractivity contribution is 7.89. The fraction of sp³-hybridized carbons (Fsp3) is 0.571. The van der Waals surface area contributed by atoms with Crippen molar-refractivity contribution >= 4 is 26.5 Å². The number of ether oxygens (including phenoxy) is 1. The Morgan fingerprint density at radius 1 is 1.20 bits per heavy atom. The largest absolute Gasteiger partial charge is 0.495 e. The summed E-state index contributed by atoms with van der Waals surface area (Å²) in [6.45, 7) is 8.12. The third-order valence-electron chi connectivity index (χ3n) is 5.01. The summed E-state index contributed by atoms with van der Waals surface area (Å²) in [4.78, 5) is 5.63. The molecule has 1 heterocycles. The number of rotatable bonds is 6. The van der Waals surface area contributed by atoms with Crippen LogP contribution in [0.4, 0.5) is 5.13 Å². The molecule has 0 radical (unpaired) electrons. The number of anilines is 1. The summed E-state index contributed by atoms with van der Waals surface area (Å²) in [5.74, 6) is 0.303. The Kier molecular flexibility index (Phi) is 6.76. The number of benzene rings is 1. The van der Waals surface area contributed by atoms with Crippen molar-refractivity contribution in [2.24, 2.45) is 0 Å². The van der Waals surface area contributed by atoms with E-state index in [1.54, 1.807) is 12.1 Å². The van der Waals surface area contributed by atoms with E-state index in [0.717, 1.165) is 21.3 Å². The SMILES string of the molecule is COc1ccc(-c2sc(NC(C)(C)C)nc2C)cc1S(=O)(=O)N[C@H]1CC[C@H](O)CC1. The number of nitrogens with one attached hydrogen (secondary N) is 2. The van der Waals surface area contributed by atoms with Crippen molar-refractivity contribution in [2.45, 2.75) is 76.0 Å². The lowest BCUT2D eigenvalue weighted by Crippen LogP contribution is -2.38. The smallest absolute Gasteiger partial charge is 0.244 e.